The summed E-state index contributed by atoms with van der Waals surface area (Å²) in [6.45, 7) is 8.51. The molecule has 20 heavy (non-hydrogen) atoms. The van der Waals surface area contributed by atoms with Crippen LogP contribution in [0.25, 0.3) is 0 Å². The molecule has 0 aromatic rings. The molecule has 2 atom stereocenters. The molecule has 6 nitrogen and oxygen atoms in total. The second-order valence-electron chi connectivity index (χ2n) is 5.73. The van der Waals surface area contributed by atoms with Gasteiger partial charge in [0.15, 0.2) is 0 Å². The van der Waals surface area contributed by atoms with Gasteiger partial charge in [-0.05, 0) is 38.1 Å². The molecule has 3 N–H and O–H groups in total. The van der Waals surface area contributed by atoms with E-state index >= 15 is 0 Å². The van der Waals surface area contributed by atoms with Gasteiger partial charge in [-0.3, -0.25) is 0 Å². The summed E-state index contributed by atoms with van der Waals surface area (Å²) in [6.07, 6.45) is 1.88. The summed E-state index contributed by atoms with van der Waals surface area (Å²) in [7, 11) is -3.45. The minimum atomic E-state index is -3.45. The van der Waals surface area contributed by atoms with Crippen molar-refractivity contribution >= 4 is 10.2 Å². The van der Waals surface area contributed by atoms with Gasteiger partial charge in [0.2, 0.25) is 0 Å². The second-order valence-corrected chi connectivity index (χ2v) is 7.44. The molecule has 0 saturated carbocycles. The number of nitrogens with two attached hydrogens (primary N) is 1. The van der Waals surface area contributed by atoms with Crippen molar-refractivity contribution in [3.05, 3.63) is 0 Å². The van der Waals surface area contributed by atoms with E-state index in [0.29, 0.717) is 32.8 Å². The second kappa shape index (κ2) is 8.29. The number of rotatable bonds is 8. The number of ether oxygens (including phenoxy) is 1. The van der Waals surface area contributed by atoms with E-state index < -0.39 is 10.2 Å². The topological polar surface area (TPSA) is 84.7 Å². The zero-order valence-electron chi connectivity index (χ0n) is 12.8. The third-order valence-electron chi connectivity index (χ3n) is 3.76. The number of hydrogen-bond donors (Lipinski definition) is 2. The molecule has 1 rings (SSSR count). The highest BCUT2D eigenvalue weighted by molar-refractivity contribution is 7.87. The Bertz CT molecular complexity index is 373. The van der Waals surface area contributed by atoms with E-state index in [9.17, 15) is 8.42 Å². The number of nitrogens with one attached hydrogen (secondary N) is 1. The number of nitrogens with zero attached hydrogens (tertiary/aromatic N) is 1. The van der Waals surface area contributed by atoms with Crippen LogP contribution in [0.15, 0.2) is 0 Å². The lowest BCUT2D eigenvalue weighted by atomic mass is 10.0. The maximum Gasteiger partial charge on any atom is 0.279 e. The first-order chi connectivity index (χ1) is 9.40. The van der Waals surface area contributed by atoms with Crippen LogP contribution < -0.4 is 10.5 Å². The summed E-state index contributed by atoms with van der Waals surface area (Å²) in [5.41, 5.74) is 5.66. The van der Waals surface area contributed by atoms with Gasteiger partial charge >= 0.3 is 0 Å². The third-order valence-corrected chi connectivity index (χ3v) is 5.37. The first kappa shape index (κ1) is 17.8. The van der Waals surface area contributed by atoms with Gasteiger partial charge < -0.3 is 10.5 Å². The molecule has 0 aromatic heterocycles. The lowest BCUT2D eigenvalue weighted by Crippen LogP contribution is -2.52. The highest BCUT2D eigenvalue weighted by Gasteiger charge is 2.30. The summed E-state index contributed by atoms with van der Waals surface area (Å²) in [4.78, 5) is 0. The van der Waals surface area contributed by atoms with Crippen LogP contribution >= 0.6 is 0 Å². The Balaban J connectivity index is 2.66. The largest absolute Gasteiger partial charge is 0.380 e. The number of piperidine rings is 1. The van der Waals surface area contributed by atoms with Gasteiger partial charge in [-0.1, -0.05) is 13.8 Å². The lowest BCUT2D eigenvalue weighted by molar-refractivity contribution is 0.115. The predicted octanol–water partition coefficient (Wildman–Crippen LogP) is 0.553. The normalized spacial score (nSPS) is 23.1. The van der Waals surface area contributed by atoms with Gasteiger partial charge in [0, 0.05) is 25.7 Å². The van der Waals surface area contributed by atoms with Crippen LogP contribution in [0.4, 0.5) is 0 Å². The molecule has 1 saturated heterocycles. The molecule has 1 fully saturated rings. The molecular formula is C13H29N3O3S. The quantitative estimate of drug-likeness (QED) is 0.686. The molecule has 7 heteroatoms. The molecule has 120 valence electrons. The van der Waals surface area contributed by atoms with Crippen LogP contribution in [0.1, 0.15) is 33.6 Å². The van der Waals surface area contributed by atoms with Gasteiger partial charge in [-0.15, -0.1) is 0 Å². The van der Waals surface area contributed by atoms with Crippen molar-refractivity contribution in [2.24, 2.45) is 17.6 Å². The molecule has 0 aliphatic carbocycles. The molecular weight excluding hydrogens is 278 g/mol. The molecule has 0 aromatic carbocycles. The average molecular weight is 307 g/mol. The minimum Gasteiger partial charge on any atom is -0.380 e. The molecule has 0 bridgehead atoms. The van der Waals surface area contributed by atoms with Crippen LogP contribution in [0, 0.1) is 11.8 Å². The summed E-state index contributed by atoms with van der Waals surface area (Å²) in [6, 6.07) is -0.196. The fourth-order valence-corrected chi connectivity index (χ4v) is 3.96. The van der Waals surface area contributed by atoms with E-state index in [1.807, 2.05) is 20.8 Å². The van der Waals surface area contributed by atoms with Crippen LogP contribution in [0.2, 0.25) is 0 Å². The van der Waals surface area contributed by atoms with E-state index in [1.165, 1.54) is 4.31 Å². The van der Waals surface area contributed by atoms with E-state index in [4.69, 9.17) is 10.5 Å². The standard InChI is InChI=1S/C13H29N3O3S/c1-4-19-10-13(11(2)3)15-20(17,18)16-7-5-6-12(8-14)9-16/h11-13,15H,4-10,14H2,1-3H3. The summed E-state index contributed by atoms with van der Waals surface area (Å²) < 4.78 is 34.6. The van der Waals surface area contributed by atoms with Crippen molar-refractivity contribution in [1.29, 1.82) is 0 Å². The minimum absolute atomic E-state index is 0.187. The SMILES string of the molecule is CCOCC(NS(=O)(=O)N1CCCC(CN)C1)C(C)C. The van der Waals surface area contributed by atoms with Crippen molar-refractivity contribution in [3.63, 3.8) is 0 Å². The highest BCUT2D eigenvalue weighted by atomic mass is 32.2. The molecule has 1 heterocycles. The Morgan fingerprint density at radius 2 is 2.15 bits per heavy atom. The van der Waals surface area contributed by atoms with Crippen LogP contribution in [0.3, 0.4) is 0 Å². The Morgan fingerprint density at radius 1 is 1.45 bits per heavy atom. The van der Waals surface area contributed by atoms with Gasteiger partial charge in [-0.25, -0.2) is 0 Å². The van der Waals surface area contributed by atoms with Gasteiger partial charge in [0.05, 0.1) is 6.61 Å². The zero-order valence-corrected chi connectivity index (χ0v) is 13.7. The molecule has 1 aliphatic heterocycles. The smallest absolute Gasteiger partial charge is 0.279 e. The van der Waals surface area contributed by atoms with Crippen LogP contribution in [-0.4, -0.2) is 51.6 Å². The van der Waals surface area contributed by atoms with Crippen molar-refractivity contribution in [2.75, 3.05) is 32.8 Å². The Hall–Kier alpha value is -0.210. The summed E-state index contributed by atoms with van der Waals surface area (Å²) in [5.74, 6) is 0.455. The van der Waals surface area contributed by atoms with Crippen molar-refractivity contribution in [1.82, 2.24) is 9.03 Å². The van der Waals surface area contributed by atoms with E-state index in [2.05, 4.69) is 4.72 Å². The third kappa shape index (κ3) is 5.29. The van der Waals surface area contributed by atoms with Crippen molar-refractivity contribution in [2.45, 2.75) is 39.7 Å². The monoisotopic (exact) mass is 307 g/mol. The molecule has 0 spiro atoms. The van der Waals surface area contributed by atoms with Gasteiger partial charge in [0.1, 0.15) is 0 Å². The first-order valence-electron chi connectivity index (χ1n) is 7.45. The van der Waals surface area contributed by atoms with Crippen molar-refractivity contribution < 1.29 is 13.2 Å². The maximum atomic E-state index is 12.4. The fraction of sp³-hybridized carbons (Fsp3) is 1.00. The average Bonchev–Trinajstić information content (AvgIpc) is 2.43. The summed E-state index contributed by atoms with van der Waals surface area (Å²) >= 11 is 0. The van der Waals surface area contributed by atoms with E-state index in [1.54, 1.807) is 0 Å². The van der Waals surface area contributed by atoms with E-state index in [0.717, 1.165) is 12.8 Å². The van der Waals surface area contributed by atoms with Crippen LogP contribution in [-0.2, 0) is 14.9 Å². The predicted molar refractivity (Wildman–Crippen MR) is 80.5 cm³/mol. The Kier molecular flexibility index (Phi) is 7.39. The molecule has 0 radical (unpaired) electrons. The first-order valence-corrected chi connectivity index (χ1v) is 8.89. The zero-order chi connectivity index (χ0) is 15.2. The lowest BCUT2D eigenvalue weighted by Gasteiger charge is -2.33. The maximum absolute atomic E-state index is 12.4. The Labute approximate surface area is 123 Å². The number of hydrogen-bond acceptors (Lipinski definition) is 4. The van der Waals surface area contributed by atoms with Gasteiger partial charge in [0.25, 0.3) is 10.2 Å². The fourth-order valence-electron chi connectivity index (χ4n) is 2.31. The molecule has 2 unspecified atom stereocenters. The molecule has 0 amide bonds. The highest BCUT2D eigenvalue weighted by Crippen LogP contribution is 2.18. The van der Waals surface area contributed by atoms with Gasteiger partial charge in [-0.2, -0.15) is 17.4 Å². The Morgan fingerprint density at radius 3 is 2.70 bits per heavy atom. The van der Waals surface area contributed by atoms with E-state index in [-0.39, 0.29) is 17.9 Å². The van der Waals surface area contributed by atoms with Crippen molar-refractivity contribution in [3.8, 4) is 0 Å². The molecule has 1 aliphatic rings. The van der Waals surface area contributed by atoms with Crippen LogP contribution in [0.5, 0.6) is 0 Å². The summed E-state index contributed by atoms with van der Waals surface area (Å²) in [5, 5.41) is 0.